The van der Waals surface area contributed by atoms with Crippen LogP contribution in [0, 0.1) is 0 Å². The molecule has 0 aliphatic heterocycles. The van der Waals surface area contributed by atoms with Gasteiger partial charge in [-0.3, -0.25) is 4.70 Å². The normalized spacial score (nSPS) is 0. The van der Waals surface area contributed by atoms with Gasteiger partial charge in [0.2, 0.25) is 0 Å². The largest absolute Gasteiger partial charge is 0.269 e. The molecule has 0 aliphatic rings. The summed E-state index contributed by atoms with van der Waals surface area (Å²) in [5.74, 6) is 0. The molecule has 0 saturated heterocycles. The lowest BCUT2D eigenvalue weighted by Gasteiger charge is -0.269. The van der Waals surface area contributed by atoms with Crippen molar-refractivity contribution >= 4 is 29.4 Å². The van der Waals surface area contributed by atoms with Crippen molar-refractivity contribution in [3.63, 3.8) is 0 Å². The van der Waals surface area contributed by atoms with Gasteiger partial charge in [0.05, 0.1) is 0 Å². The van der Waals surface area contributed by atoms with E-state index in [0.29, 0.717) is 0 Å². The zero-order valence-electron chi connectivity index (χ0n) is 1.22. The monoisotopic (exact) mass is 152 g/mol. The Kier molecular flexibility index (Phi) is 1810. The Morgan fingerprint density at radius 2 is 1.00 bits per heavy atom. The molecule has 3 heteroatoms. The number of rotatable bonds is 0. The maximum absolute atomic E-state index is 0. The molecule has 32 valence electrons. The van der Waals surface area contributed by atoms with Crippen molar-refractivity contribution in [1.82, 2.24) is 0 Å². The summed E-state index contributed by atoms with van der Waals surface area (Å²) in [4.78, 5) is 0. The van der Waals surface area contributed by atoms with Gasteiger partial charge in [-0.05, 0) is 0 Å². The lowest BCUT2D eigenvalue weighted by atomic mass is 12.0. The fraction of sp³-hybridized carbons (Fsp3) is 1.00. The first-order valence-electron chi connectivity index (χ1n) is 0. The molecule has 0 aromatic carbocycles. The van der Waals surface area contributed by atoms with Gasteiger partial charge in [-0.25, -0.2) is 0 Å². The second kappa shape index (κ2) is 55.0. The molecule has 0 aromatic heterocycles. The van der Waals surface area contributed by atoms with Crippen LogP contribution in [0.1, 0.15) is 7.43 Å². The predicted molar refractivity (Wildman–Crippen MR) is 26.8 cm³/mol. The average Bonchev–Trinajstić information content (AvgIpc) is 0. The Balaban J connectivity index is 0. The van der Waals surface area contributed by atoms with Gasteiger partial charge in [-0.1, -0.05) is 7.43 Å². The van der Waals surface area contributed by atoms with E-state index in [1.54, 1.807) is 0 Å². The Bertz CT molecular complexity index is 8.00. The highest BCUT2D eigenvalue weighted by Crippen LogP contribution is 0.846. The summed E-state index contributed by atoms with van der Waals surface area (Å²) in [6, 6.07) is 0. The smallest absolute Gasteiger partial charge is 0.0776 e. The fourth-order valence-corrected chi connectivity index (χ4v) is 0. The van der Waals surface area contributed by atoms with Crippen LogP contribution in [0.25, 0.3) is 0 Å². The minimum atomic E-state index is 0. The highest BCUT2D eigenvalue weighted by atomic mass is 79.9. The molecule has 0 bridgehead atoms. The molecule has 0 N–H and O–H groups in total. The summed E-state index contributed by atoms with van der Waals surface area (Å²) in [7, 11) is 0. The van der Waals surface area contributed by atoms with Gasteiger partial charge in [-0.2, -0.15) is 0 Å². The Labute approximate surface area is 42.1 Å². The standard InChI is InChI=1S/CH4.BrH.ClH.FH/h1H4;3*1H. The SMILES string of the molecule is Br.C.Cl.F. The van der Waals surface area contributed by atoms with E-state index in [1.165, 1.54) is 0 Å². The lowest BCUT2D eigenvalue weighted by Crippen LogP contribution is 0.144. The quantitative estimate of drug-likeness (QED) is 0.498. The van der Waals surface area contributed by atoms with Gasteiger partial charge in [0.1, 0.15) is 0 Å². The molecule has 0 unspecified atom stereocenters. The third kappa shape index (κ3) is 15.9. The molecule has 0 fully saturated rings. The second-order valence-corrected chi connectivity index (χ2v) is 0. The van der Waals surface area contributed by atoms with Gasteiger partial charge in [0.15, 0.2) is 0 Å². The van der Waals surface area contributed by atoms with Crippen molar-refractivity contribution < 1.29 is 4.70 Å². The third-order valence-corrected chi connectivity index (χ3v) is 0. The van der Waals surface area contributed by atoms with Crippen LogP contribution in [0.5, 0.6) is 0 Å². The van der Waals surface area contributed by atoms with Gasteiger partial charge in [0, 0.05) is 0 Å². The topological polar surface area (TPSA) is 0 Å². The summed E-state index contributed by atoms with van der Waals surface area (Å²) in [6.07, 6.45) is 0. The number of hydrogen-bond acceptors (Lipinski definition) is 0. The van der Waals surface area contributed by atoms with Gasteiger partial charge >= 0.3 is 0 Å². The number of hydrogen-bond donors (Lipinski definition) is 0. The van der Waals surface area contributed by atoms with Crippen molar-refractivity contribution in [2.75, 3.05) is 0 Å². The third-order valence-electron chi connectivity index (χ3n) is 0. The summed E-state index contributed by atoms with van der Waals surface area (Å²) in [6.45, 7) is 0. The van der Waals surface area contributed by atoms with Crippen LogP contribution in [0.4, 0.5) is 4.70 Å². The van der Waals surface area contributed by atoms with Crippen molar-refractivity contribution in [3.8, 4) is 0 Å². The minimum absolute atomic E-state index is 0. The molecule has 0 atom stereocenters. The van der Waals surface area contributed by atoms with Crippen LogP contribution in [-0.4, -0.2) is 0 Å². The summed E-state index contributed by atoms with van der Waals surface area (Å²) in [5, 5.41) is 0. The van der Waals surface area contributed by atoms with E-state index in [2.05, 4.69) is 0 Å². The molecule has 0 spiro atoms. The zero-order valence-corrected chi connectivity index (χ0v) is 3.75. The molecular formula is CH7BrClF. The predicted octanol–water partition coefficient (Wildman–Crippen LogP) is 1.79. The van der Waals surface area contributed by atoms with Crippen LogP contribution in [0.2, 0.25) is 0 Å². The van der Waals surface area contributed by atoms with Crippen LogP contribution in [-0.2, 0) is 0 Å². The van der Waals surface area contributed by atoms with E-state index >= 15 is 0 Å². The van der Waals surface area contributed by atoms with Gasteiger partial charge < -0.3 is 0 Å². The highest BCUT2D eigenvalue weighted by molar-refractivity contribution is 8.93. The van der Waals surface area contributed by atoms with E-state index < -0.39 is 0 Å². The van der Waals surface area contributed by atoms with Crippen molar-refractivity contribution in [1.29, 1.82) is 0 Å². The molecule has 0 aromatic rings. The molecule has 0 radical (unpaired) electrons. The summed E-state index contributed by atoms with van der Waals surface area (Å²) in [5.41, 5.74) is 0. The van der Waals surface area contributed by atoms with Crippen LogP contribution >= 0.6 is 29.4 Å². The molecule has 0 heterocycles. The van der Waals surface area contributed by atoms with E-state index in [-0.39, 0.29) is 41.5 Å². The Morgan fingerprint density at radius 3 is 1.00 bits per heavy atom. The molecule has 0 amide bonds. The average molecular weight is 153 g/mol. The van der Waals surface area contributed by atoms with Gasteiger partial charge in [-0.15, -0.1) is 29.4 Å². The van der Waals surface area contributed by atoms with E-state index in [0.717, 1.165) is 0 Å². The highest BCUT2D eigenvalue weighted by Gasteiger charge is -0.0775. The number of halogens is 3. The first kappa shape index (κ1) is 131. The fourth-order valence-electron chi connectivity index (χ4n) is 0. The van der Waals surface area contributed by atoms with Crippen molar-refractivity contribution in [2.45, 2.75) is 7.43 Å². The minimum Gasteiger partial charge on any atom is -0.269 e. The van der Waals surface area contributed by atoms with Crippen molar-refractivity contribution in [3.05, 3.63) is 0 Å². The molecule has 0 nitrogen and oxygen atoms in total. The van der Waals surface area contributed by atoms with Crippen LogP contribution in [0.3, 0.4) is 0 Å². The van der Waals surface area contributed by atoms with E-state index in [9.17, 15) is 0 Å². The molecule has 0 rings (SSSR count). The van der Waals surface area contributed by atoms with Crippen LogP contribution in [0.15, 0.2) is 0 Å². The maximum Gasteiger partial charge on any atom is -0.0776 e. The van der Waals surface area contributed by atoms with E-state index in [1.807, 2.05) is 0 Å². The molecule has 0 saturated carbocycles. The first-order chi connectivity index (χ1) is 0. The first-order valence-corrected chi connectivity index (χ1v) is 0. The molecule has 0 aliphatic carbocycles. The molecule has 4 heavy (non-hydrogen) atoms. The van der Waals surface area contributed by atoms with E-state index in [4.69, 9.17) is 0 Å². The zero-order chi connectivity index (χ0) is 0. The van der Waals surface area contributed by atoms with Gasteiger partial charge in [0.25, 0.3) is 0 Å². The lowest BCUT2D eigenvalue weighted by molar-refractivity contribution is 1.11. The Hall–Kier alpha value is 0.700. The second-order valence-electron chi connectivity index (χ2n) is 0. The Morgan fingerprint density at radius 1 is 1.00 bits per heavy atom. The summed E-state index contributed by atoms with van der Waals surface area (Å²) < 4.78 is 0. The molecular weight excluding hydrogens is 146 g/mol. The van der Waals surface area contributed by atoms with Crippen LogP contribution < -0.4 is 0 Å². The summed E-state index contributed by atoms with van der Waals surface area (Å²) >= 11 is 0. The van der Waals surface area contributed by atoms with Crippen molar-refractivity contribution in [2.24, 2.45) is 0 Å². The maximum atomic E-state index is 0.